The van der Waals surface area contributed by atoms with Crippen LogP contribution < -0.4 is 5.32 Å². The van der Waals surface area contributed by atoms with E-state index in [0.717, 1.165) is 41.9 Å². The molecule has 0 saturated carbocycles. The number of nitrogens with zero attached hydrogens (tertiary/aromatic N) is 3. The number of fused-ring (bicyclic) bond motifs is 3. The van der Waals surface area contributed by atoms with Gasteiger partial charge in [-0.05, 0) is 37.6 Å². The van der Waals surface area contributed by atoms with Gasteiger partial charge in [0.2, 0.25) is 0 Å². The van der Waals surface area contributed by atoms with Crippen molar-refractivity contribution in [1.82, 2.24) is 25.1 Å². The normalized spacial score (nSPS) is 24.2. The van der Waals surface area contributed by atoms with Crippen LogP contribution in [0.2, 0.25) is 0 Å². The number of rotatable bonds is 1. The van der Waals surface area contributed by atoms with Gasteiger partial charge in [0.1, 0.15) is 5.65 Å². The van der Waals surface area contributed by atoms with Crippen LogP contribution in [0.5, 0.6) is 0 Å². The molecule has 5 nitrogen and oxygen atoms in total. The summed E-state index contributed by atoms with van der Waals surface area (Å²) in [5.41, 5.74) is 4.80. The van der Waals surface area contributed by atoms with Crippen molar-refractivity contribution in [3.63, 3.8) is 0 Å². The Balaban J connectivity index is 1.62. The highest BCUT2D eigenvalue weighted by Crippen LogP contribution is 2.41. The average molecular weight is 279 g/mol. The van der Waals surface area contributed by atoms with Crippen molar-refractivity contribution in [2.45, 2.75) is 24.8 Å². The monoisotopic (exact) mass is 279 g/mol. The molecule has 0 bridgehead atoms. The minimum atomic E-state index is 0.316. The van der Waals surface area contributed by atoms with Crippen LogP contribution in [0.3, 0.4) is 0 Å². The molecule has 0 unspecified atom stereocenters. The fourth-order valence-electron chi connectivity index (χ4n) is 3.86. The molecule has 21 heavy (non-hydrogen) atoms. The second kappa shape index (κ2) is 3.95. The number of hydrogen-bond donors (Lipinski definition) is 2. The number of aryl methyl sites for hydroxylation is 1. The van der Waals surface area contributed by atoms with E-state index in [0.29, 0.717) is 5.41 Å². The van der Waals surface area contributed by atoms with Gasteiger partial charge in [0.05, 0.1) is 5.69 Å². The molecule has 0 aliphatic carbocycles. The lowest BCUT2D eigenvalue weighted by Crippen LogP contribution is -2.25. The molecular weight excluding hydrogens is 262 g/mol. The summed E-state index contributed by atoms with van der Waals surface area (Å²) in [5, 5.41) is 9.45. The van der Waals surface area contributed by atoms with Gasteiger partial charge in [-0.2, -0.15) is 5.10 Å². The van der Waals surface area contributed by atoms with Crippen LogP contribution in [0, 0.1) is 0 Å². The molecule has 1 atom stereocenters. The molecule has 1 fully saturated rings. The first-order valence-corrected chi connectivity index (χ1v) is 7.57. The van der Waals surface area contributed by atoms with Crippen molar-refractivity contribution >= 4 is 11.0 Å². The molecule has 1 saturated heterocycles. The number of nitrogens with one attached hydrogen (secondary N) is 2. The Kier molecular flexibility index (Phi) is 2.16. The number of aromatic nitrogens is 4. The third-order valence-corrected chi connectivity index (χ3v) is 5.07. The fraction of sp³-hybridized carbons (Fsp3) is 0.375. The fourth-order valence-corrected chi connectivity index (χ4v) is 3.86. The van der Waals surface area contributed by atoms with E-state index in [9.17, 15) is 0 Å². The summed E-state index contributed by atoms with van der Waals surface area (Å²) >= 11 is 0. The zero-order chi connectivity index (χ0) is 13.9. The smallest absolute Gasteiger partial charge is 0.137 e. The average Bonchev–Trinajstić information content (AvgIpc) is 3.25. The Morgan fingerprint density at radius 3 is 3.14 bits per heavy atom. The summed E-state index contributed by atoms with van der Waals surface area (Å²) < 4.78 is 2.20. The van der Waals surface area contributed by atoms with Gasteiger partial charge < -0.3 is 10.3 Å². The van der Waals surface area contributed by atoms with Crippen LogP contribution in [0.1, 0.15) is 18.5 Å². The van der Waals surface area contributed by atoms with E-state index in [1.165, 1.54) is 18.5 Å². The molecule has 0 amide bonds. The Morgan fingerprint density at radius 1 is 1.24 bits per heavy atom. The predicted molar refractivity (Wildman–Crippen MR) is 81.1 cm³/mol. The molecule has 2 N–H and O–H groups in total. The topological polar surface area (TPSA) is 58.5 Å². The Bertz CT molecular complexity index is 822. The van der Waals surface area contributed by atoms with Crippen LogP contribution in [0.15, 0.2) is 30.6 Å². The van der Waals surface area contributed by atoms with E-state index in [4.69, 9.17) is 5.10 Å². The molecule has 3 aromatic rings. The number of H-pyrrole nitrogens is 1. The maximum Gasteiger partial charge on any atom is 0.137 e. The lowest BCUT2D eigenvalue weighted by Gasteiger charge is -2.20. The Labute approximate surface area is 122 Å². The van der Waals surface area contributed by atoms with E-state index in [1.54, 1.807) is 0 Å². The van der Waals surface area contributed by atoms with Gasteiger partial charge in [0, 0.05) is 47.5 Å². The van der Waals surface area contributed by atoms with E-state index >= 15 is 0 Å². The van der Waals surface area contributed by atoms with Crippen LogP contribution in [-0.4, -0.2) is 32.8 Å². The second-order valence-electron chi connectivity index (χ2n) is 6.23. The molecule has 1 spiro atoms. The first-order valence-electron chi connectivity index (χ1n) is 7.57. The molecule has 5 rings (SSSR count). The summed E-state index contributed by atoms with van der Waals surface area (Å²) in [6, 6.07) is 6.49. The summed E-state index contributed by atoms with van der Waals surface area (Å²) in [6.45, 7) is 3.25. The molecule has 106 valence electrons. The minimum Gasteiger partial charge on any atom is -0.346 e. The van der Waals surface area contributed by atoms with Crippen LogP contribution in [-0.2, 0) is 12.0 Å². The quantitative estimate of drug-likeness (QED) is 0.717. The maximum absolute atomic E-state index is 4.81. The zero-order valence-electron chi connectivity index (χ0n) is 11.8. The highest BCUT2D eigenvalue weighted by atomic mass is 15.3. The lowest BCUT2D eigenvalue weighted by atomic mass is 9.82. The largest absolute Gasteiger partial charge is 0.346 e. The first-order chi connectivity index (χ1) is 10.3. The zero-order valence-corrected chi connectivity index (χ0v) is 11.8. The minimum absolute atomic E-state index is 0.316. The molecule has 5 heterocycles. The molecular formula is C16H17N5. The van der Waals surface area contributed by atoms with Crippen LogP contribution in [0.25, 0.3) is 22.3 Å². The van der Waals surface area contributed by atoms with Crippen molar-refractivity contribution in [2.24, 2.45) is 0 Å². The van der Waals surface area contributed by atoms with Crippen LogP contribution in [0.4, 0.5) is 0 Å². The van der Waals surface area contributed by atoms with Gasteiger partial charge in [-0.1, -0.05) is 0 Å². The molecule has 2 aliphatic heterocycles. The van der Waals surface area contributed by atoms with Crippen molar-refractivity contribution in [3.05, 3.63) is 36.3 Å². The first kappa shape index (κ1) is 11.5. The van der Waals surface area contributed by atoms with Gasteiger partial charge in [0.15, 0.2) is 0 Å². The third-order valence-electron chi connectivity index (χ3n) is 5.07. The third kappa shape index (κ3) is 1.55. The molecule has 0 radical (unpaired) electrons. The van der Waals surface area contributed by atoms with E-state index in [1.807, 2.05) is 12.4 Å². The summed E-state index contributed by atoms with van der Waals surface area (Å²) in [5.74, 6) is 0. The maximum atomic E-state index is 4.81. The van der Waals surface area contributed by atoms with Gasteiger partial charge in [-0.3, -0.25) is 4.68 Å². The number of hydrogen-bond acceptors (Lipinski definition) is 3. The van der Waals surface area contributed by atoms with Gasteiger partial charge >= 0.3 is 0 Å². The molecule has 0 aromatic carbocycles. The van der Waals surface area contributed by atoms with Crippen molar-refractivity contribution in [3.8, 4) is 11.3 Å². The molecule has 2 aliphatic rings. The van der Waals surface area contributed by atoms with E-state index in [2.05, 4.69) is 38.2 Å². The number of aromatic amines is 1. The van der Waals surface area contributed by atoms with Gasteiger partial charge in [0.25, 0.3) is 0 Å². The lowest BCUT2D eigenvalue weighted by molar-refractivity contribution is 0.467. The van der Waals surface area contributed by atoms with Gasteiger partial charge in [-0.15, -0.1) is 0 Å². The second-order valence-corrected chi connectivity index (χ2v) is 6.23. The number of pyridine rings is 1. The molecule has 5 heteroatoms. The van der Waals surface area contributed by atoms with Crippen LogP contribution >= 0.6 is 0 Å². The highest BCUT2D eigenvalue weighted by Gasteiger charge is 2.42. The van der Waals surface area contributed by atoms with Crippen molar-refractivity contribution < 1.29 is 0 Å². The van der Waals surface area contributed by atoms with Crippen molar-refractivity contribution in [1.29, 1.82) is 0 Å². The standard InChI is InChI=1S/C16H17N5/c1-4-18-15-11(1)7-12(9-19-15)13-8-14-16(2-5-17-10-16)3-6-21(14)20-13/h1,4,7-9,17H,2-3,5-6,10H2,(H,18,19)/t16-/m0/s1. The van der Waals surface area contributed by atoms with E-state index < -0.39 is 0 Å². The van der Waals surface area contributed by atoms with E-state index in [-0.39, 0.29) is 0 Å². The Morgan fingerprint density at radius 2 is 2.24 bits per heavy atom. The predicted octanol–water partition coefficient (Wildman–Crippen LogP) is 2.06. The summed E-state index contributed by atoms with van der Waals surface area (Å²) in [4.78, 5) is 7.60. The Hall–Kier alpha value is -2.14. The summed E-state index contributed by atoms with van der Waals surface area (Å²) in [6.07, 6.45) is 6.29. The highest BCUT2D eigenvalue weighted by molar-refractivity contribution is 5.80. The summed E-state index contributed by atoms with van der Waals surface area (Å²) in [7, 11) is 0. The van der Waals surface area contributed by atoms with Crippen molar-refractivity contribution in [2.75, 3.05) is 13.1 Å². The SMILES string of the molecule is c1cc2cc(-c3cc4n(n3)CC[C@]43CCNC3)cnc2[nH]1. The molecule has 3 aromatic heterocycles. The van der Waals surface area contributed by atoms with Gasteiger partial charge in [-0.25, -0.2) is 4.98 Å².